The van der Waals surface area contributed by atoms with Crippen LogP contribution in [0.3, 0.4) is 0 Å². The molecule has 0 aromatic heterocycles. The zero-order valence-corrected chi connectivity index (χ0v) is 12.8. The van der Waals surface area contributed by atoms with Crippen molar-refractivity contribution < 1.29 is 23.4 Å². The first kappa shape index (κ1) is 16.8. The normalized spacial score (nSPS) is 17.5. The topological polar surface area (TPSA) is 54.0 Å². The van der Waals surface area contributed by atoms with Crippen molar-refractivity contribution >= 4 is 0 Å². The van der Waals surface area contributed by atoms with Gasteiger partial charge in [-0.25, -0.2) is 8.78 Å². The van der Waals surface area contributed by atoms with Crippen LogP contribution in [0.1, 0.15) is 18.0 Å². The molecule has 0 unspecified atom stereocenters. The number of halogens is 2. The van der Waals surface area contributed by atoms with Gasteiger partial charge in [-0.1, -0.05) is 0 Å². The van der Waals surface area contributed by atoms with Gasteiger partial charge in [-0.05, 0) is 0 Å². The lowest BCUT2D eigenvalue weighted by Gasteiger charge is -2.36. The maximum Gasteiger partial charge on any atom is 0.240 e. The zero-order chi connectivity index (χ0) is 16.1. The fourth-order valence-corrected chi connectivity index (χ4v) is 2.82. The second-order valence-electron chi connectivity index (χ2n) is 5.19. The maximum absolute atomic E-state index is 13.0. The highest BCUT2D eigenvalue weighted by atomic mass is 19.3. The van der Waals surface area contributed by atoms with E-state index in [1.54, 1.807) is 6.07 Å². The van der Waals surface area contributed by atoms with Crippen LogP contribution in [0.15, 0.2) is 12.1 Å². The smallest absolute Gasteiger partial charge is 0.240 e. The Morgan fingerprint density at radius 2 is 1.91 bits per heavy atom. The summed E-state index contributed by atoms with van der Waals surface area (Å²) in [5.41, 5.74) is 0.394. The molecule has 2 rings (SSSR count). The highest BCUT2D eigenvalue weighted by Gasteiger charge is 2.30. The van der Waals surface area contributed by atoms with E-state index in [4.69, 9.17) is 9.47 Å². The van der Waals surface area contributed by atoms with Crippen molar-refractivity contribution in [3.8, 4) is 17.2 Å². The molecule has 1 saturated heterocycles. The van der Waals surface area contributed by atoms with Gasteiger partial charge in [0.25, 0.3) is 0 Å². The molecular weight excluding hydrogens is 294 g/mol. The van der Waals surface area contributed by atoms with E-state index in [-0.39, 0.29) is 12.2 Å². The molecule has 22 heavy (non-hydrogen) atoms. The van der Waals surface area contributed by atoms with Crippen LogP contribution in [0, 0.1) is 0 Å². The number of piperazine rings is 1. The number of phenols is 1. The SMILES string of the molecule is COc1cc(O)c([C@H](CC(F)F)N2CCNCC2)c(OC)c1. The fourth-order valence-electron chi connectivity index (χ4n) is 2.82. The second-order valence-corrected chi connectivity index (χ2v) is 5.19. The van der Waals surface area contributed by atoms with E-state index in [9.17, 15) is 13.9 Å². The Morgan fingerprint density at radius 3 is 2.45 bits per heavy atom. The van der Waals surface area contributed by atoms with Crippen LogP contribution >= 0.6 is 0 Å². The van der Waals surface area contributed by atoms with Gasteiger partial charge in [-0.15, -0.1) is 0 Å². The van der Waals surface area contributed by atoms with E-state index in [0.29, 0.717) is 30.2 Å². The van der Waals surface area contributed by atoms with Gasteiger partial charge in [-0.3, -0.25) is 4.90 Å². The molecule has 0 radical (unpaired) electrons. The molecule has 0 bridgehead atoms. The molecule has 1 heterocycles. The number of phenolic OH excluding ortho intramolecular Hbond substituents is 1. The largest absolute Gasteiger partial charge is 0.507 e. The van der Waals surface area contributed by atoms with Crippen molar-refractivity contribution in [2.75, 3.05) is 40.4 Å². The maximum atomic E-state index is 13.0. The van der Waals surface area contributed by atoms with Crippen molar-refractivity contribution in [2.24, 2.45) is 0 Å². The third-order valence-electron chi connectivity index (χ3n) is 3.88. The average molecular weight is 316 g/mol. The number of nitrogens with one attached hydrogen (secondary N) is 1. The second kappa shape index (κ2) is 7.60. The van der Waals surface area contributed by atoms with Crippen LogP contribution in [0.5, 0.6) is 17.2 Å². The summed E-state index contributed by atoms with van der Waals surface area (Å²) in [7, 11) is 2.93. The van der Waals surface area contributed by atoms with Gasteiger partial charge < -0.3 is 19.9 Å². The first-order valence-electron chi connectivity index (χ1n) is 7.24. The number of benzene rings is 1. The summed E-state index contributed by atoms with van der Waals surface area (Å²) in [5, 5.41) is 13.5. The molecule has 1 aliphatic heterocycles. The number of alkyl halides is 2. The van der Waals surface area contributed by atoms with Crippen LogP contribution < -0.4 is 14.8 Å². The van der Waals surface area contributed by atoms with Crippen molar-refractivity contribution in [3.05, 3.63) is 17.7 Å². The number of methoxy groups -OCH3 is 2. The first-order valence-corrected chi connectivity index (χ1v) is 7.24. The fraction of sp³-hybridized carbons (Fsp3) is 0.600. The quantitative estimate of drug-likeness (QED) is 0.841. The minimum Gasteiger partial charge on any atom is -0.507 e. The summed E-state index contributed by atoms with van der Waals surface area (Å²) in [6.07, 6.45) is -2.82. The van der Waals surface area contributed by atoms with E-state index in [1.807, 2.05) is 4.90 Å². The molecule has 0 saturated carbocycles. The number of rotatable bonds is 6. The Bertz CT molecular complexity index is 494. The van der Waals surface area contributed by atoms with Crippen LogP contribution in [-0.4, -0.2) is 56.8 Å². The predicted octanol–water partition coefficient (Wildman–Crippen LogP) is 2.01. The molecule has 2 N–H and O–H groups in total. The molecular formula is C15H22F2N2O3. The van der Waals surface area contributed by atoms with Crippen molar-refractivity contribution in [1.82, 2.24) is 10.2 Å². The van der Waals surface area contributed by atoms with Crippen molar-refractivity contribution in [3.63, 3.8) is 0 Å². The Hall–Kier alpha value is -1.60. The molecule has 1 aliphatic rings. The number of hydrogen-bond acceptors (Lipinski definition) is 5. The summed E-state index contributed by atoms with van der Waals surface area (Å²) in [6, 6.07) is 2.44. The third-order valence-corrected chi connectivity index (χ3v) is 3.88. The van der Waals surface area contributed by atoms with Crippen LogP contribution in [0.25, 0.3) is 0 Å². The highest BCUT2D eigenvalue weighted by Crippen LogP contribution is 2.42. The van der Waals surface area contributed by atoms with Gasteiger partial charge >= 0.3 is 0 Å². The van der Waals surface area contributed by atoms with Crippen LogP contribution in [0.4, 0.5) is 8.78 Å². The molecule has 7 heteroatoms. The standard InChI is InChI=1S/C15H22F2N2O3/c1-21-10-7-12(20)15(13(8-10)22-2)11(9-14(16)17)19-5-3-18-4-6-19/h7-8,11,14,18,20H,3-6,9H2,1-2H3/t11-/m0/s1. The van der Waals surface area contributed by atoms with Crippen LogP contribution in [-0.2, 0) is 0 Å². The number of aromatic hydroxyl groups is 1. The van der Waals surface area contributed by atoms with Gasteiger partial charge in [0.1, 0.15) is 17.2 Å². The Labute approximate surface area is 128 Å². The average Bonchev–Trinajstić information content (AvgIpc) is 2.52. The summed E-state index contributed by atoms with van der Waals surface area (Å²) in [4.78, 5) is 1.95. The minimum absolute atomic E-state index is 0.0830. The minimum atomic E-state index is -2.47. The zero-order valence-electron chi connectivity index (χ0n) is 12.8. The van der Waals surface area contributed by atoms with Gasteiger partial charge in [0.05, 0.1) is 19.8 Å². The van der Waals surface area contributed by atoms with E-state index in [2.05, 4.69) is 5.32 Å². The van der Waals surface area contributed by atoms with Crippen molar-refractivity contribution in [1.29, 1.82) is 0 Å². The van der Waals surface area contributed by atoms with Crippen molar-refractivity contribution in [2.45, 2.75) is 18.9 Å². The molecule has 0 aliphatic carbocycles. The summed E-state index contributed by atoms with van der Waals surface area (Å²) < 4.78 is 36.5. The monoisotopic (exact) mass is 316 g/mol. The lowest BCUT2D eigenvalue weighted by molar-refractivity contribution is 0.0719. The Morgan fingerprint density at radius 1 is 1.23 bits per heavy atom. The molecule has 0 spiro atoms. The number of nitrogens with zero attached hydrogens (tertiary/aromatic N) is 1. The van der Waals surface area contributed by atoms with Gasteiger partial charge in [0, 0.05) is 50.8 Å². The Kier molecular flexibility index (Phi) is 5.79. The molecule has 0 amide bonds. The lowest BCUT2D eigenvalue weighted by atomic mass is 9.98. The molecule has 1 aromatic rings. The van der Waals surface area contributed by atoms with Gasteiger partial charge in [-0.2, -0.15) is 0 Å². The summed E-state index contributed by atoms with van der Waals surface area (Å²) in [5.74, 6) is 0.704. The highest BCUT2D eigenvalue weighted by molar-refractivity contribution is 5.51. The van der Waals surface area contributed by atoms with E-state index < -0.39 is 12.5 Å². The van der Waals surface area contributed by atoms with Gasteiger partial charge in [0.15, 0.2) is 0 Å². The number of ether oxygens (including phenoxy) is 2. The predicted molar refractivity (Wildman–Crippen MR) is 79.0 cm³/mol. The van der Waals surface area contributed by atoms with E-state index in [1.165, 1.54) is 20.3 Å². The van der Waals surface area contributed by atoms with E-state index >= 15 is 0 Å². The molecule has 1 aromatic carbocycles. The molecule has 124 valence electrons. The molecule has 1 fully saturated rings. The third kappa shape index (κ3) is 3.78. The summed E-state index contributed by atoms with van der Waals surface area (Å²) in [6.45, 7) is 2.76. The summed E-state index contributed by atoms with van der Waals surface area (Å²) >= 11 is 0. The van der Waals surface area contributed by atoms with Gasteiger partial charge in [0.2, 0.25) is 6.43 Å². The van der Waals surface area contributed by atoms with E-state index in [0.717, 1.165) is 13.1 Å². The first-order chi connectivity index (χ1) is 10.6. The lowest BCUT2D eigenvalue weighted by Crippen LogP contribution is -2.45. The van der Waals surface area contributed by atoms with Crippen LogP contribution in [0.2, 0.25) is 0 Å². The number of hydrogen-bond donors (Lipinski definition) is 2. The Balaban J connectivity index is 2.41. The molecule has 1 atom stereocenters. The molecule has 5 nitrogen and oxygen atoms in total.